The average Bonchev–Trinajstić information content (AvgIpc) is 2.38. The smallest absolute Gasteiger partial charge is 0.264 e. The van der Waals surface area contributed by atoms with Gasteiger partial charge in [-0.2, -0.15) is 8.42 Å². The molecule has 1 saturated carbocycles. The molecule has 0 aromatic heterocycles. The van der Waals surface area contributed by atoms with Crippen LogP contribution in [0.3, 0.4) is 0 Å². The predicted molar refractivity (Wildman–Crippen MR) is 78.1 cm³/mol. The highest BCUT2D eigenvalue weighted by atomic mass is 32.2. The highest BCUT2D eigenvalue weighted by molar-refractivity contribution is 7.86. The van der Waals surface area contributed by atoms with Crippen molar-refractivity contribution in [2.45, 2.75) is 44.3 Å². The van der Waals surface area contributed by atoms with E-state index in [1.807, 2.05) is 6.07 Å². The number of methoxy groups -OCH3 is 1. The molecule has 0 amide bonds. The van der Waals surface area contributed by atoms with Crippen molar-refractivity contribution >= 4 is 10.1 Å². The molecule has 1 aliphatic rings. The van der Waals surface area contributed by atoms with Gasteiger partial charge in [0.15, 0.2) is 0 Å². The van der Waals surface area contributed by atoms with Crippen LogP contribution in [0.1, 0.15) is 36.8 Å². The minimum Gasteiger partial charge on any atom is -0.374 e. The van der Waals surface area contributed by atoms with E-state index in [0.717, 1.165) is 24.7 Å². The monoisotopic (exact) mass is 298 g/mol. The SMILES string of the molecule is COC1(c2cccc(C)c2)CCC(OS(C)(=O)=O)CC1. The number of hydrogen-bond donors (Lipinski definition) is 0. The summed E-state index contributed by atoms with van der Waals surface area (Å²) in [5.74, 6) is 0. The lowest BCUT2D eigenvalue weighted by Gasteiger charge is -2.39. The molecule has 0 atom stereocenters. The number of hydrogen-bond acceptors (Lipinski definition) is 4. The highest BCUT2D eigenvalue weighted by Gasteiger charge is 2.38. The van der Waals surface area contributed by atoms with Crippen LogP contribution >= 0.6 is 0 Å². The molecule has 20 heavy (non-hydrogen) atoms. The van der Waals surface area contributed by atoms with Crippen molar-refractivity contribution in [2.24, 2.45) is 0 Å². The molecule has 112 valence electrons. The van der Waals surface area contributed by atoms with Crippen molar-refractivity contribution in [1.82, 2.24) is 0 Å². The van der Waals surface area contributed by atoms with E-state index in [1.165, 1.54) is 5.56 Å². The van der Waals surface area contributed by atoms with Gasteiger partial charge in [0.2, 0.25) is 0 Å². The van der Waals surface area contributed by atoms with Crippen LogP contribution in [0.15, 0.2) is 24.3 Å². The predicted octanol–water partition coefficient (Wildman–Crippen LogP) is 2.76. The highest BCUT2D eigenvalue weighted by Crippen LogP contribution is 2.41. The maximum Gasteiger partial charge on any atom is 0.264 e. The molecule has 5 heteroatoms. The summed E-state index contributed by atoms with van der Waals surface area (Å²) in [6.07, 6.45) is 3.80. The van der Waals surface area contributed by atoms with Gasteiger partial charge in [-0.3, -0.25) is 4.18 Å². The minimum atomic E-state index is -3.38. The summed E-state index contributed by atoms with van der Waals surface area (Å²) < 4.78 is 33.3. The topological polar surface area (TPSA) is 52.6 Å². The van der Waals surface area contributed by atoms with E-state index in [2.05, 4.69) is 25.1 Å². The zero-order valence-corrected chi connectivity index (χ0v) is 13.1. The third-order valence-electron chi connectivity index (χ3n) is 3.99. The van der Waals surface area contributed by atoms with E-state index in [-0.39, 0.29) is 11.7 Å². The van der Waals surface area contributed by atoms with Gasteiger partial charge < -0.3 is 4.74 Å². The van der Waals surface area contributed by atoms with Crippen LogP contribution in [-0.2, 0) is 24.6 Å². The third kappa shape index (κ3) is 3.59. The largest absolute Gasteiger partial charge is 0.374 e. The van der Waals surface area contributed by atoms with Gasteiger partial charge >= 0.3 is 0 Å². The number of ether oxygens (including phenoxy) is 1. The summed E-state index contributed by atoms with van der Waals surface area (Å²) in [5.41, 5.74) is 2.05. The summed E-state index contributed by atoms with van der Waals surface area (Å²) in [4.78, 5) is 0. The first-order valence-electron chi connectivity index (χ1n) is 6.85. The maximum atomic E-state index is 11.2. The number of rotatable bonds is 4. The van der Waals surface area contributed by atoms with Crippen molar-refractivity contribution in [1.29, 1.82) is 0 Å². The second kappa shape index (κ2) is 5.84. The van der Waals surface area contributed by atoms with Crippen LogP contribution in [0, 0.1) is 6.92 Å². The first-order chi connectivity index (χ1) is 9.35. The summed E-state index contributed by atoms with van der Waals surface area (Å²) in [7, 11) is -1.66. The molecule has 1 fully saturated rings. The van der Waals surface area contributed by atoms with E-state index < -0.39 is 10.1 Å². The van der Waals surface area contributed by atoms with Crippen LogP contribution in [0.2, 0.25) is 0 Å². The van der Waals surface area contributed by atoms with Gasteiger partial charge in [-0.25, -0.2) is 0 Å². The van der Waals surface area contributed by atoms with Gasteiger partial charge in [0.05, 0.1) is 18.0 Å². The standard InChI is InChI=1S/C15H22O4S/c1-12-5-4-6-13(11-12)15(18-2)9-7-14(8-10-15)19-20(3,16)17/h4-6,11,14H,7-10H2,1-3H3. The molecule has 1 aliphatic carbocycles. The summed E-state index contributed by atoms with van der Waals surface area (Å²) in [6.45, 7) is 2.06. The fourth-order valence-electron chi connectivity index (χ4n) is 2.94. The Morgan fingerprint density at radius 1 is 1.25 bits per heavy atom. The molecular formula is C15H22O4S. The molecule has 0 unspecified atom stereocenters. The summed E-state index contributed by atoms with van der Waals surface area (Å²) in [6, 6.07) is 8.31. The molecule has 0 N–H and O–H groups in total. The number of benzene rings is 1. The Morgan fingerprint density at radius 3 is 2.40 bits per heavy atom. The molecule has 0 spiro atoms. The molecule has 0 aliphatic heterocycles. The minimum absolute atomic E-state index is 0.224. The van der Waals surface area contributed by atoms with Crippen LogP contribution in [-0.4, -0.2) is 27.9 Å². The fraction of sp³-hybridized carbons (Fsp3) is 0.600. The van der Waals surface area contributed by atoms with Crippen molar-refractivity contribution in [3.05, 3.63) is 35.4 Å². The van der Waals surface area contributed by atoms with Crippen molar-refractivity contribution in [3.8, 4) is 0 Å². The maximum absolute atomic E-state index is 11.2. The normalized spacial score (nSPS) is 27.4. The molecule has 0 radical (unpaired) electrons. The fourth-order valence-corrected chi connectivity index (χ4v) is 3.63. The molecular weight excluding hydrogens is 276 g/mol. The molecule has 1 aromatic carbocycles. The van der Waals surface area contributed by atoms with Crippen LogP contribution < -0.4 is 0 Å². The Labute approximate surface area is 121 Å². The molecule has 0 heterocycles. The van der Waals surface area contributed by atoms with E-state index in [4.69, 9.17) is 8.92 Å². The van der Waals surface area contributed by atoms with Gasteiger partial charge in [0.1, 0.15) is 0 Å². The number of aryl methyl sites for hydroxylation is 1. The van der Waals surface area contributed by atoms with Crippen LogP contribution in [0.4, 0.5) is 0 Å². The molecule has 2 rings (SSSR count). The van der Waals surface area contributed by atoms with E-state index in [9.17, 15) is 8.42 Å². The Balaban J connectivity index is 2.12. The lowest BCUT2D eigenvalue weighted by atomic mass is 9.78. The zero-order valence-electron chi connectivity index (χ0n) is 12.3. The third-order valence-corrected chi connectivity index (χ3v) is 4.61. The van der Waals surface area contributed by atoms with Crippen molar-refractivity contribution in [2.75, 3.05) is 13.4 Å². The van der Waals surface area contributed by atoms with Crippen LogP contribution in [0.5, 0.6) is 0 Å². The van der Waals surface area contributed by atoms with Gasteiger partial charge in [-0.05, 0) is 38.2 Å². The lowest BCUT2D eigenvalue weighted by molar-refractivity contribution is -0.0641. The Bertz CT molecular complexity index is 557. The summed E-state index contributed by atoms with van der Waals surface area (Å²) in [5, 5.41) is 0. The van der Waals surface area contributed by atoms with Crippen molar-refractivity contribution in [3.63, 3.8) is 0 Å². The Hall–Kier alpha value is -0.910. The molecule has 4 nitrogen and oxygen atoms in total. The summed E-state index contributed by atoms with van der Waals surface area (Å²) >= 11 is 0. The van der Waals surface area contributed by atoms with Gasteiger partial charge in [-0.15, -0.1) is 0 Å². The first-order valence-corrected chi connectivity index (χ1v) is 8.67. The van der Waals surface area contributed by atoms with Crippen LogP contribution in [0.25, 0.3) is 0 Å². The van der Waals surface area contributed by atoms with Crippen molar-refractivity contribution < 1.29 is 17.3 Å². The van der Waals surface area contributed by atoms with Gasteiger partial charge in [0.25, 0.3) is 10.1 Å². The average molecular weight is 298 g/mol. The zero-order chi connectivity index (χ0) is 14.8. The Morgan fingerprint density at radius 2 is 1.90 bits per heavy atom. The first kappa shape index (κ1) is 15.5. The molecule has 0 bridgehead atoms. The lowest BCUT2D eigenvalue weighted by Crippen LogP contribution is -2.36. The second-order valence-corrected chi connectivity index (χ2v) is 7.17. The second-order valence-electron chi connectivity index (χ2n) is 5.57. The van der Waals surface area contributed by atoms with E-state index >= 15 is 0 Å². The van der Waals surface area contributed by atoms with E-state index in [1.54, 1.807) is 7.11 Å². The van der Waals surface area contributed by atoms with Gasteiger partial charge in [-0.1, -0.05) is 29.8 Å². The molecule has 1 aromatic rings. The van der Waals surface area contributed by atoms with E-state index in [0.29, 0.717) is 12.8 Å². The molecule has 0 saturated heterocycles. The Kier molecular flexibility index (Phi) is 4.52. The quantitative estimate of drug-likeness (QED) is 0.802. The van der Waals surface area contributed by atoms with Gasteiger partial charge in [0, 0.05) is 7.11 Å².